The van der Waals surface area contributed by atoms with Gasteiger partial charge >= 0.3 is 0 Å². The van der Waals surface area contributed by atoms with Gasteiger partial charge in [0.2, 0.25) is 15.9 Å². The van der Waals surface area contributed by atoms with Crippen LogP contribution in [0.3, 0.4) is 0 Å². The Morgan fingerprint density at radius 1 is 1.09 bits per heavy atom. The van der Waals surface area contributed by atoms with Gasteiger partial charge in [-0.15, -0.1) is 0 Å². The molecular weight excluding hydrogens is 316 g/mol. The van der Waals surface area contributed by atoms with Gasteiger partial charge in [-0.05, 0) is 37.5 Å². The van der Waals surface area contributed by atoms with Crippen molar-refractivity contribution in [3.05, 3.63) is 0 Å². The number of aliphatic hydroxyl groups excluding tert-OH is 1. The van der Waals surface area contributed by atoms with Crippen LogP contribution in [0.2, 0.25) is 0 Å². The van der Waals surface area contributed by atoms with E-state index < -0.39 is 16.1 Å². The zero-order valence-electron chi connectivity index (χ0n) is 14.0. The maximum absolute atomic E-state index is 12.2. The predicted octanol–water partition coefficient (Wildman–Crippen LogP) is 1.15. The topological polar surface area (TPSA) is 95.5 Å². The molecule has 2 rings (SSSR count). The largest absolute Gasteiger partial charge is 0.383 e. The van der Waals surface area contributed by atoms with E-state index in [4.69, 9.17) is 0 Å². The van der Waals surface area contributed by atoms with Crippen molar-refractivity contribution in [3.63, 3.8) is 0 Å². The van der Waals surface area contributed by atoms with Gasteiger partial charge in [-0.2, -0.15) is 0 Å². The molecule has 23 heavy (non-hydrogen) atoms. The Hall–Kier alpha value is -0.660. The number of aliphatic hydroxyl groups is 1. The third kappa shape index (κ3) is 6.04. The number of carbonyl (C=O) groups excluding carboxylic acids is 1. The molecule has 1 amide bonds. The fourth-order valence-electron chi connectivity index (χ4n) is 3.88. The van der Waals surface area contributed by atoms with Crippen molar-refractivity contribution in [2.45, 2.75) is 69.9 Å². The van der Waals surface area contributed by atoms with Crippen LogP contribution in [0.25, 0.3) is 0 Å². The normalized spacial score (nSPS) is 28.3. The third-order valence-corrected chi connectivity index (χ3v) is 5.91. The summed E-state index contributed by atoms with van der Waals surface area (Å²) in [5.41, 5.74) is 0. The minimum Gasteiger partial charge on any atom is -0.383 e. The van der Waals surface area contributed by atoms with Gasteiger partial charge in [0, 0.05) is 12.6 Å². The van der Waals surface area contributed by atoms with Crippen LogP contribution in [0.15, 0.2) is 0 Å². The fraction of sp³-hybridized carbons (Fsp3) is 0.938. The smallest absolute Gasteiger partial charge is 0.249 e. The van der Waals surface area contributed by atoms with E-state index in [1.54, 1.807) is 0 Å². The highest BCUT2D eigenvalue weighted by Gasteiger charge is 2.30. The molecule has 0 radical (unpaired) electrons. The van der Waals surface area contributed by atoms with Crippen molar-refractivity contribution in [2.24, 2.45) is 11.8 Å². The van der Waals surface area contributed by atoms with Gasteiger partial charge in [0.1, 0.15) is 6.10 Å². The predicted molar refractivity (Wildman–Crippen MR) is 89.3 cm³/mol. The summed E-state index contributed by atoms with van der Waals surface area (Å²) in [6, 6.07) is -0.120. The number of sulfonamides is 1. The van der Waals surface area contributed by atoms with Gasteiger partial charge in [0.25, 0.3) is 0 Å². The second kappa shape index (κ2) is 8.44. The molecule has 2 aliphatic carbocycles. The monoisotopic (exact) mass is 346 g/mol. The average Bonchev–Trinajstić information content (AvgIpc) is 2.52. The number of rotatable bonds is 6. The van der Waals surface area contributed by atoms with E-state index >= 15 is 0 Å². The van der Waals surface area contributed by atoms with E-state index in [2.05, 4.69) is 10.0 Å². The highest BCUT2D eigenvalue weighted by Crippen LogP contribution is 2.27. The van der Waals surface area contributed by atoms with E-state index in [0.717, 1.165) is 51.4 Å². The number of carbonyl (C=O) groups is 1. The first-order valence-corrected chi connectivity index (χ1v) is 10.7. The lowest BCUT2D eigenvalue weighted by Gasteiger charge is -2.32. The molecule has 6 nitrogen and oxygen atoms in total. The van der Waals surface area contributed by atoms with Crippen molar-refractivity contribution in [3.8, 4) is 0 Å². The molecule has 0 heterocycles. The molecule has 2 saturated carbocycles. The lowest BCUT2D eigenvalue weighted by molar-refractivity contribution is -0.133. The first kappa shape index (κ1) is 18.7. The number of hydrogen-bond acceptors (Lipinski definition) is 4. The summed E-state index contributed by atoms with van der Waals surface area (Å²) in [7, 11) is -3.24. The van der Waals surface area contributed by atoms with Crippen molar-refractivity contribution >= 4 is 15.9 Å². The molecule has 3 atom stereocenters. The Bertz CT molecular complexity index is 488. The number of nitrogens with one attached hydrogen (secondary N) is 2. The molecule has 0 bridgehead atoms. The molecule has 0 spiro atoms. The van der Waals surface area contributed by atoms with E-state index in [1.807, 2.05) is 0 Å². The lowest BCUT2D eigenvalue weighted by atomic mass is 9.84. The van der Waals surface area contributed by atoms with E-state index in [0.29, 0.717) is 6.54 Å². The van der Waals surface area contributed by atoms with Gasteiger partial charge in [-0.3, -0.25) is 4.79 Å². The number of amides is 1. The van der Waals surface area contributed by atoms with Crippen LogP contribution in [0, 0.1) is 11.8 Å². The van der Waals surface area contributed by atoms with Crippen molar-refractivity contribution < 1.29 is 18.3 Å². The third-order valence-electron chi connectivity index (χ3n) is 5.18. The van der Waals surface area contributed by atoms with Crippen LogP contribution < -0.4 is 10.0 Å². The van der Waals surface area contributed by atoms with Crippen molar-refractivity contribution in [2.75, 3.05) is 12.8 Å². The molecule has 7 heteroatoms. The van der Waals surface area contributed by atoms with Crippen molar-refractivity contribution in [1.82, 2.24) is 10.0 Å². The van der Waals surface area contributed by atoms with Gasteiger partial charge in [0.05, 0.1) is 6.26 Å². The second-order valence-electron chi connectivity index (χ2n) is 7.13. The highest BCUT2D eigenvalue weighted by atomic mass is 32.2. The maximum atomic E-state index is 12.2. The summed E-state index contributed by atoms with van der Waals surface area (Å²) in [6.45, 7) is 0.426. The zero-order valence-corrected chi connectivity index (χ0v) is 14.8. The fourth-order valence-corrected chi connectivity index (χ4v) is 4.74. The summed E-state index contributed by atoms with van der Waals surface area (Å²) in [5, 5.41) is 13.0. The SMILES string of the molecule is CS(=O)(=O)NC1CCCCC1CNC(=O)C(O)C1CCCCC1. The lowest BCUT2D eigenvalue weighted by Crippen LogP contribution is -2.48. The van der Waals surface area contributed by atoms with Crippen molar-refractivity contribution in [1.29, 1.82) is 0 Å². The van der Waals surface area contributed by atoms with E-state index in [-0.39, 0.29) is 23.8 Å². The Kier molecular flexibility index (Phi) is 6.85. The van der Waals surface area contributed by atoms with Crippen LogP contribution in [0.1, 0.15) is 57.8 Å². The molecule has 2 fully saturated rings. The first-order valence-electron chi connectivity index (χ1n) is 8.80. The molecule has 0 aromatic heterocycles. The van der Waals surface area contributed by atoms with Crippen LogP contribution in [-0.4, -0.2) is 44.4 Å². The summed E-state index contributed by atoms with van der Waals surface area (Å²) < 4.78 is 25.6. The first-order chi connectivity index (χ1) is 10.9. The Morgan fingerprint density at radius 2 is 1.70 bits per heavy atom. The minimum absolute atomic E-state index is 0.0695. The molecule has 0 aromatic rings. The molecule has 3 unspecified atom stereocenters. The van der Waals surface area contributed by atoms with Gasteiger partial charge in [-0.25, -0.2) is 13.1 Å². The molecule has 0 aliphatic heterocycles. The van der Waals surface area contributed by atoms with Crippen LogP contribution in [-0.2, 0) is 14.8 Å². The minimum atomic E-state index is -3.24. The number of hydrogen-bond donors (Lipinski definition) is 3. The summed E-state index contributed by atoms with van der Waals surface area (Å²) >= 11 is 0. The maximum Gasteiger partial charge on any atom is 0.249 e. The van der Waals surface area contributed by atoms with Gasteiger partial charge < -0.3 is 10.4 Å². The van der Waals surface area contributed by atoms with E-state index in [9.17, 15) is 18.3 Å². The van der Waals surface area contributed by atoms with Gasteiger partial charge in [0.15, 0.2) is 0 Å². The molecule has 0 saturated heterocycles. The van der Waals surface area contributed by atoms with Crippen LogP contribution in [0.4, 0.5) is 0 Å². The van der Waals surface area contributed by atoms with E-state index in [1.165, 1.54) is 12.7 Å². The second-order valence-corrected chi connectivity index (χ2v) is 8.91. The molecule has 134 valence electrons. The van der Waals surface area contributed by atoms with Crippen LogP contribution in [0.5, 0.6) is 0 Å². The summed E-state index contributed by atoms with van der Waals surface area (Å²) in [6.07, 6.45) is 9.17. The standard InChI is InChI=1S/C16H30N2O4S/c1-23(21,22)18-14-10-6-5-9-13(14)11-17-16(20)15(19)12-7-3-2-4-8-12/h12-15,18-19H,2-11H2,1H3,(H,17,20). The summed E-state index contributed by atoms with van der Waals surface area (Å²) in [5.74, 6) is -0.137. The van der Waals surface area contributed by atoms with Crippen LogP contribution >= 0.6 is 0 Å². The Balaban J connectivity index is 1.83. The molecular formula is C16H30N2O4S. The molecule has 0 aromatic carbocycles. The quantitative estimate of drug-likeness (QED) is 0.672. The zero-order chi connectivity index (χ0) is 16.9. The van der Waals surface area contributed by atoms with Gasteiger partial charge in [-0.1, -0.05) is 32.1 Å². The average molecular weight is 346 g/mol. The summed E-state index contributed by atoms with van der Waals surface area (Å²) in [4.78, 5) is 12.2. The Morgan fingerprint density at radius 3 is 2.35 bits per heavy atom. The molecule has 2 aliphatic rings. The highest BCUT2D eigenvalue weighted by molar-refractivity contribution is 7.88. The Labute approximate surface area is 139 Å². The molecule has 3 N–H and O–H groups in total.